The van der Waals surface area contributed by atoms with E-state index in [1.54, 1.807) is 0 Å². The first-order valence-electron chi connectivity index (χ1n) is 17.9. The Morgan fingerprint density at radius 3 is 2.18 bits per heavy atom. The molecule has 1 aliphatic heterocycles. The van der Waals surface area contributed by atoms with Crippen molar-refractivity contribution in [2.75, 3.05) is 0 Å². The molecule has 2 N–H and O–H groups in total. The lowest BCUT2D eigenvalue weighted by molar-refractivity contribution is 0.237. The first kappa shape index (κ1) is 30.1. The van der Waals surface area contributed by atoms with Crippen LogP contribution in [-0.2, 0) is 6.54 Å². The van der Waals surface area contributed by atoms with Gasteiger partial charge in [-0.1, -0.05) is 140 Å². The highest BCUT2D eigenvalue weighted by Gasteiger charge is 2.49. The fourth-order valence-corrected chi connectivity index (χ4v) is 8.29. The molecule has 3 heterocycles. The van der Waals surface area contributed by atoms with Crippen molar-refractivity contribution >= 4 is 38.9 Å². The van der Waals surface area contributed by atoms with Crippen molar-refractivity contribution in [3.63, 3.8) is 0 Å². The molecule has 0 radical (unpaired) electrons. The number of benzene rings is 6. The molecule has 10 rings (SSSR count). The summed E-state index contributed by atoms with van der Waals surface area (Å²) in [6.07, 6.45) is 5.23. The predicted molar refractivity (Wildman–Crippen MR) is 208 cm³/mol. The van der Waals surface area contributed by atoms with E-state index in [0.29, 0.717) is 5.92 Å². The number of fused-ring (bicyclic) bond motifs is 7. The van der Waals surface area contributed by atoms with Gasteiger partial charge < -0.3 is 14.7 Å². The molecule has 1 saturated heterocycles. The molecule has 0 saturated carbocycles. The van der Waals surface area contributed by atoms with Crippen molar-refractivity contribution in [2.24, 2.45) is 5.73 Å². The lowest BCUT2D eigenvalue weighted by Crippen LogP contribution is -2.23. The van der Waals surface area contributed by atoms with Gasteiger partial charge in [0.05, 0.1) is 17.2 Å². The molecule has 2 aliphatic rings. The number of furan rings is 1. The molecule has 1 aliphatic carbocycles. The fraction of sp³-hybridized carbons (Fsp3) is 0.130. The van der Waals surface area contributed by atoms with Gasteiger partial charge in [0.15, 0.2) is 5.58 Å². The molecule has 6 aromatic carbocycles. The van der Waals surface area contributed by atoms with E-state index < -0.39 is 0 Å². The summed E-state index contributed by atoms with van der Waals surface area (Å²) < 4.78 is 9.18. The van der Waals surface area contributed by atoms with Crippen molar-refractivity contribution in [3.8, 4) is 16.8 Å². The predicted octanol–water partition coefficient (Wildman–Crippen LogP) is 11.1. The maximum atomic E-state index is 6.93. The van der Waals surface area contributed by atoms with Gasteiger partial charge in [0.25, 0.3) is 0 Å². The molecule has 0 spiro atoms. The highest BCUT2D eigenvalue weighted by atomic mass is 16.3. The van der Waals surface area contributed by atoms with Gasteiger partial charge in [-0.2, -0.15) is 5.01 Å². The number of allylic oxidation sites excluding steroid dienone is 1. The Hall–Kier alpha value is -5.72. The zero-order chi connectivity index (χ0) is 34.1. The number of rotatable bonds is 7. The van der Waals surface area contributed by atoms with Gasteiger partial charge in [-0.05, 0) is 64.4 Å². The molecule has 51 heavy (non-hydrogen) atoms. The van der Waals surface area contributed by atoms with Gasteiger partial charge in [-0.25, -0.2) is 5.01 Å². The summed E-state index contributed by atoms with van der Waals surface area (Å²) in [6, 6.07) is 52.1. The lowest BCUT2D eigenvalue weighted by Gasteiger charge is -2.14. The molecule has 0 bridgehead atoms. The van der Waals surface area contributed by atoms with Crippen LogP contribution in [0.4, 0.5) is 0 Å². The normalized spacial score (nSPS) is 20.2. The monoisotopic (exact) mass is 662 g/mol. The van der Waals surface area contributed by atoms with Crippen molar-refractivity contribution in [3.05, 3.63) is 180 Å². The van der Waals surface area contributed by atoms with Crippen LogP contribution in [0.3, 0.4) is 0 Å². The largest absolute Gasteiger partial charge is 0.454 e. The van der Waals surface area contributed by atoms with Crippen LogP contribution in [-0.4, -0.2) is 14.6 Å². The van der Waals surface area contributed by atoms with E-state index >= 15 is 0 Å². The topological polar surface area (TPSA) is 50.1 Å². The third kappa shape index (κ3) is 4.96. The van der Waals surface area contributed by atoms with Crippen molar-refractivity contribution in [1.82, 2.24) is 14.6 Å². The maximum Gasteiger partial charge on any atom is 0.159 e. The van der Waals surface area contributed by atoms with Gasteiger partial charge in [-0.15, -0.1) is 0 Å². The quantitative estimate of drug-likeness (QED) is 0.173. The van der Waals surface area contributed by atoms with E-state index in [4.69, 9.17) is 10.2 Å². The average Bonchev–Trinajstić information content (AvgIpc) is 3.58. The molecule has 5 atom stereocenters. The molecule has 3 unspecified atom stereocenters. The van der Waals surface area contributed by atoms with Crippen LogP contribution < -0.4 is 5.73 Å². The van der Waals surface area contributed by atoms with Crippen LogP contribution >= 0.6 is 0 Å². The lowest BCUT2D eigenvalue weighted by atomic mass is 9.90. The van der Waals surface area contributed by atoms with Crippen LogP contribution in [0.25, 0.3) is 55.7 Å². The maximum absolute atomic E-state index is 6.93. The van der Waals surface area contributed by atoms with Gasteiger partial charge in [0.2, 0.25) is 0 Å². The SMILES string of the molecule is CC1CC=Cc2oc3c(ccc4c5ccc(-c6ccccc6)cc5n(-c5ccc(C6[N@](C(N)c7ccccc7)[N@]6Cc6ccccc6)cc5)c43)c21. The Kier molecular flexibility index (Phi) is 7.07. The number of hydrogen-bond donors (Lipinski definition) is 1. The highest BCUT2D eigenvalue weighted by molar-refractivity contribution is 6.18. The average molecular weight is 663 g/mol. The minimum absolute atomic E-state index is 0.0640. The Labute approximate surface area is 297 Å². The molecule has 2 aromatic heterocycles. The van der Waals surface area contributed by atoms with Crippen LogP contribution in [0, 0.1) is 0 Å². The number of hydrazine groups is 1. The Morgan fingerprint density at radius 1 is 0.725 bits per heavy atom. The third-order valence-electron chi connectivity index (χ3n) is 10.8. The molecular weight excluding hydrogens is 625 g/mol. The van der Waals surface area contributed by atoms with E-state index in [1.165, 1.54) is 44.0 Å². The van der Waals surface area contributed by atoms with Crippen LogP contribution in [0.1, 0.15) is 59.6 Å². The molecular formula is C46H38N4O. The van der Waals surface area contributed by atoms with E-state index in [0.717, 1.165) is 46.6 Å². The van der Waals surface area contributed by atoms with E-state index in [2.05, 4.69) is 173 Å². The van der Waals surface area contributed by atoms with Crippen molar-refractivity contribution in [1.29, 1.82) is 0 Å². The summed E-state index contributed by atoms with van der Waals surface area (Å²) in [7, 11) is 0. The van der Waals surface area contributed by atoms with Gasteiger partial charge in [-0.3, -0.25) is 0 Å². The molecule has 8 aromatic rings. The highest BCUT2D eigenvalue weighted by Crippen LogP contribution is 2.48. The Balaban J connectivity index is 1.12. The number of hydrogen-bond acceptors (Lipinski definition) is 4. The smallest absolute Gasteiger partial charge is 0.159 e. The zero-order valence-electron chi connectivity index (χ0n) is 28.5. The van der Waals surface area contributed by atoms with E-state index in [-0.39, 0.29) is 12.3 Å². The van der Waals surface area contributed by atoms with Crippen molar-refractivity contribution in [2.45, 2.75) is 38.1 Å². The summed E-state index contributed by atoms with van der Waals surface area (Å²) in [6.45, 7) is 3.09. The molecule has 5 heteroatoms. The molecule has 248 valence electrons. The summed E-state index contributed by atoms with van der Waals surface area (Å²) in [4.78, 5) is 0. The Morgan fingerprint density at radius 2 is 1.41 bits per heavy atom. The second kappa shape index (κ2) is 12.0. The first-order valence-corrected chi connectivity index (χ1v) is 17.9. The Bertz CT molecular complexity index is 2570. The number of nitrogens with zero attached hydrogens (tertiary/aromatic N) is 3. The standard InChI is InChI=1S/C46H38N4O/c1-30-12-11-19-41-42(30)39-27-26-38-37-25-22-35(32-15-7-3-8-16-32)28-40(37)49(43(38)44(39)51-41)36-23-20-34(21-24-36)46-48(29-31-13-5-2-6-14-31)50(46)45(47)33-17-9-4-10-18-33/h2-11,13-28,30,45-46H,12,29,47H2,1H3/t30?,45?,46?,48-,50+/m1/s1. The molecule has 1 fully saturated rings. The molecule has 5 nitrogen and oxygen atoms in total. The van der Waals surface area contributed by atoms with Crippen molar-refractivity contribution < 1.29 is 4.42 Å². The summed E-state index contributed by atoms with van der Waals surface area (Å²) in [5.74, 6) is 1.39. The fourth-order valence-electron chi connectivity index (χ4n) is 8.29. The number of aromatic nitrogens is 1. The van der Waals surface area contributed by atoms with Gasteiger partial charge in [0, 0.05) is 34.0 Å². The minimum Gasteiger partial charge on any atom is -0.454 e. The van der Waals surface area contributed by atoms with Gasteiger partial charge in [0.1, 0.15) is 11.9 Å². The third-order valence-corrected chi connectivity index (χ3v) is 10.8. The van der Waals surface area contributed by atoms with Crippen LogP contribution in [0.2, 0.25) is 0 Å². The first-order chi connectivity index (χ1) is 25.1. The van der Waals surface area contributed by atoms with Gasteiger partial charge >= 0.3 is 0 Å². The minimum atomic E-state index is -0.247. The summed E-state index contributed by atoms with van der Waals surface area (Å²) >= 11 is 0. The summed E-state index contributed by atoms with van der Waals surface area (Å²) in [5, 5.41) is 8.29. The van der Waals surface area contributed by atoms with Crippen LogP contribution in [0.5, 0.6) is 0 Å². The molecule has 0 amide bonds. The second-order valence-corrected chi connectivity index (χ2v) is 14.0. The van der Waals surface area contributed by atoms with E-state index in [9.17, 15) is 0 Å². The zero-order valence-corrected chi connectivity index (χ0v) is 28.5. The van der Waals surface area contributed by atoms with Crippen LogP contribution in [0.15, 0.2) is 156 Å². The second-order valence-electron chi connectivity index (χ2n) is 14.0. The van der Waals surface area contributed by atoms with E-state index in [1.807, 2.05) is 6.07 Å². The number of nitrogens with two attached hydrogens (primary N) is 1. The summed E-state index contributed by atoms with van der Waals surface area (Å²) in [5.41, 5.74) is 18.5.